The number of nitrogens with zero attached hydrogens (tertiary/aromatic N) is 1. The number of anilines is 1. The number of amides is 1. The Morgan fingerprint density at radius 3 is 2.56 bits per heavy atom. The van der Waals surface area contributed by atoms with Gasteiger partial charge < -0.3 is 16.2 Å². The monoisotopic (exact) mass is 243 g/mol. The highest BCUT2D eigenvalue weighted by Crippen LogP contribution is 2.14. The van der Waals surface area contributed by atoms with E-state index in [0.29, 0.717) is 23.6 Å². The average molecular weight is 243 g/mol. The van der Waals surface area contributed by atoms with Gasteiger partial charge in [-0.3, -0.25) is 9.78 Å². The molecule has 0 spiro atoms. The normalized spacial score (nSPS) is 10.0. The Hall–Kier alpha value is -2.56. The molecule has 5 nitrogen and oxygen atoms in total. The number of nitrogens with two attached hydrogens (primary N) is 2. The number of benzene rings is 1. The molecule has 92 valence electrons. The molecule has 5 heteroatoms. The summed E-state index contributed by atoms with van der Waals surface area (Å²) < 4.78 is 5.51. The van der Waals surface area contributed by atoms with Crippen LogP contribution in [0.1, 0.15) is 16.1 Å². The molecule has 1 aromatic carbocycles. The average Bonchev–Trinajstić information content (AvgIpc) is 2.37. The van der Waals surface area contributed by atoms with E-state index in [2.05, 4.69) is 4.98 Å². The Balaban J connectivity index is 2.00. The number of nitrogen functional groups attached to an aromatic ring is 1. The van der Waals surface area contributed by atoms with Crippen molar-refractivity contribution in [2.75, 3.05) is 5.73 Å². The maximum atomic E-state index is 10.9. The minimum absolute atomic E-state index is 0.320. The summed E-state index contributed by atoms with van der Waals surface area (Å²) in [5.41, 5.74) is 12.6. The molecule has 0 atom stereocenters. The van der Waals surface area contributed by atoms with Crippen LogP contribution in [0.15, 0.2) is 42.6 Å². The molecule has 18 heavy (non-hydrogen) atoms. The van der Waals surface area contributed by atoms with Crippen molar-refractivity contribution in [2.45, 2.75) is 6.61 Å². The third kappa shape index (κ3) is 2.98. The first-order valence-electron chi connectivity index (χ1n) is 5.38. The van der Waals surface area contributed by atoms with Gasteiger partial charge in [0.05, 0.1) is 5.69 Å². The predicted octanol–water partition coefficient (Wildman–Crippen LogP) is 1.34. The van der Waals surface area contributed by atoms with Crippen LogP contribution in [0.5, 0.6) is 5.75 Å². The van der Waals surface area contributed by atoms with Gasteiger partial charge in [-0.15, -0.1) is 0 Å². The third-order valence-corrected chi connectivity index (χ3v) is 2.37. The Morgan fingerprint density at radius 1 is 1.22 bits per heavy atom. The van der Waals surface area contributed by atoms with Crippen LogP contribution >= 0.6 is 0 Å². The zero-order chi connectivity index (χ0) is 13.0. The number of hydrogen-bond donors (Lipinski definition) is 2. The Morgan fingerprint density at radius 2 is 1.94 bits per heavy atom. The molecule has 0 saturated carbocycles. The Bertz CT molecular complexity index is 552. The minimum Gasteiger partial charge on any atom is -0.487 e. The van der Waals surface area contributed by atoms with Crippen LogP contribution in [0.25, 0.3) is 0 Å². The maximum absolute atomic E-state index is 10.9. The summed E-state index contributed by atoms with van der Waals surface area (Å²) in [7, 11) is 0. The van der Waals surface area contributed by atoms with Crippen molar-refractivity contribution in [3.63, 3.8) is 0 Å². The van der Waals surface area contributed by atoms with E-state index in [1.54, 1.807) is 42.6 Å². The fraction of sp³-hybridized carbons (Fsp3) is 0.0769. The van der Waals surface area contributed by atoms with Crippen molar-refractivity contribution in [2.24, 2.45) is 5.73 Å². The second-order valence-corrected chi connectivity index (χ2v) is 3.76. The third-order valence-electron chi connectivity index (χ3n) is 2.37. The topological polar surface area (TPSA) is 91.2 Å². The summed E-state index contributed by atoms with van der Waals surface area (Å²) in [6, 6.07) is 10.1. The number of hydrogen-bond acceptors (Lipinski definition) is 4. The smallest absolute Gasteiger partial charge is 0.248 e. The first-order chi connectivity index (χ1) is 8.65. The van der Waals surface area contributed by atoms with E-state index in [1.807, 2.05) is 0 Å². The van der Waals surface area contributed by atoms with Gasteiger partial charge in [0.1, 0.15) is 12.4 Å². The molecule has 1 amide bonds. The number of carbonyl (C=O) groups excluding carboxylic acids is 1. The Labute approximate surface area is 104 Å². The fourth-order valence-electron chi connectivity index (χ4n) is 1.45. The van der Waals surface area contributed by atoms with Gasteiger partial charge in [-0.2, -0.15) is 0 Å². The molecular formula is C13H13N3O2. The summed E-state index contributed by atoms with van der Waals surface area (Å²) in [6.07, 6.45) is 1.63. The van der Waals surface area contributed by atoms with Gasteiger partial charge in [0.2, 0.25) is 5.91 Å². The van der Waals surface area contributed by atoms with Crippen LogP contribution in [0.4, 0.5) is 5.69 Å². The van der Waals surface area contributed by atoms with E-state index in [-0.39, 0.29) is 0 Å². The SMILES string of the molecule is NC(=O)c1ccc(OCc2cc(N)ccn2)cc1. The van der Waals surface area contributed by atoms with Crippen molar-refractivity contribution >= 4 is 11.6 Å². The van der Waals surface area contributed by atoms with Gasteiger partial charge in [-0.25, -0.2) is 0 Å². The molecule has 0 bridgehead atoms. The highest BCUT2D eigenvalue weighted by atomic mass is 16.5. The van der Waals surface area contributed by atoms with E-state index in [1.165, 1.54) is 0 Å². The molecule has 0 aliphatic carbocycles. The fourth-order valence-corrected chi connectivity index (χ4v) is 1.45. The molecule has 2 rings (SSSR count). The van der Waals surface area contributed by atoms with Crippen LogP contribution in [0.3, 0.4) is 0 Å². The molecule has 0 aliphatic heterocycles. The van der Waals surface area contributed by atoms with Crippen molar-refractivity contribution in [1.82, 2.24) is 4.98 Å². The highest BCUT2D eigenvalue weighted by molar-refractivity contribution is 5.92. The summed E-state index contributed by atoms with van der Waals surface area (Å²) in [6.45, 7) is 0.320. The zero-order valence-corrected chi connectivity index (χ0v) is 9.67. The highest BCUT2D eigenvalue weighted by Gasteiger charge is 2.01. The summed E-state index contributed by atoms with van der Waals surface area (Å²) in [4.78, 5) is 15.0. The zero-order valence-electron chi connectivity index (χ0n) is 9.67. The minimum atomic E-state index is -0.459. The summed E-state index contributed by atoms with van der Waals surface area (Å²) in [5.74, 6) is 0.184. The predicted molar refractivity (Wildman–Crippen MR) is 67.9 cm³/mol. The lowest BCUT2D eigenvalue weighted by Crippen LogP contribution is -2.10. The van der Waals surface area contributed by atoms with Crippen molar-refractivity contribution in [1.29, 1.82) is 0 Å². The largest absolute Gasteiger partial charge is 0.487 e. The number of aromatic nitrogens is 1. The van der Waals surface area contributed by atoms with Gasteiger partial charge >= 0.3 is 0 Å². The number of primary amides is 1. The lowest BCUT2D eigenvalue weighted by Gasteiger charge is -2.06. The summed E-state index contributed by atoms with van der Waals surface area (Å²) >= 11 is 0. The Kier molecular flexibility index (Phi) is 3.43. The van der Waals surface area contributed by atoms with Gasteiger partial charge in [0, 0.05) is 17.4 Å². The van der Waals surface area contributed by atoms with E-state index in [4.69, 9.17) is 16.2 Å². The van der Waals surface area contributed by atoms with E-state index >= 15 is 0 Å². The maximum Gasteiger partial charge on any atom is 0.248 e. The lowest BCUT2D eigenvalue weighted by molar-refractivity contribution is 0.100. The van der Waals surface area contributed by atoms with Gasteiger partial charge in [0.15, 0.2) is 0 Å². The molecule has 1 aromatic heterocycles. The number of ether oxygens (including phenoxy) is 1. The van der Waals surface area contributed by atoms with Crippen LogP contribution in [0.2, 0.25) is 0 Å². The molecule has 0 fully saturated rings. The van der Waals surface area contributed by atoms with E-state index in [0.717, 1.165) is 5.69 Å². The standard InChI is InChI=1S/C13H13N3O2/c14-10-5-6-16-11(7-10)8-18-12-3-1-9(2-4-12)13(15)17/h1-7H,8H2,(H2,14,16)(H2,15,17). The lowest BCUT2D eigenvalue weighted by atomic mass is 10.2. The molecule has 0 aliphatic rings. The molecule has 4 N–H and O–H groups in total. The van der Waals surface area contributed by atoms with E-state index < -0.39 is 5.91 Å². The summed E-state index contributed by atoms with van der Waals surface area (Å²) in [5, 5.41) is 0. The second-order valence-electron chi connectivity index (χ2n) is 3.76. The second kappa shape index (κ2) is 5.18. The quantitative estimate of drug-likeness (QED) is 0.847. The van der Waals surface area contributed by atoms with Crippen LogP contribution in [0, 0.1) is 0 Å². The molecule has 0 unspecified atom stereocenters. The number of pyridine rings is 1. The van der Waals surface area contributed by atoms with Crippen molar-refractivity contribution in [3.8, 4) is 5.75 Å². The first kappa shape index (κ1) is 11.9. The molecule has 1 heterocycles. The van der Waals surface area contributed by atoms with Crippen LogP contribution in [-0.4, -0.2) is 10.9 Å². The molecule has 0 radical (unpaired) electrons. The molecule has 2 aromatic rings. The van der Waals surface area contributed by atoms with Gasteiger partial charge in [-0.1, -0.05) is 0 Å². The van der Waals surface area contributed by atoms with Crippen molar-refractivity contribution < 1.29 is 9.53 Å². The van der Waals surface area contributed by atoms with Gasteiger partial charge in [-0.05, 0) is 36.4 Å². The molecular weight excluding hydrogens is 230 g/mol. The van der Waals surface area contributed by atoms with Crippen LogP contribution in [-0.2, 0) is 6.61 Å². The van der Waals surface area contributed by atoms with E-state index in [9.17, 15) is 4.79 Å². The number of rotatable bonds is 4. The van der Waals surface area contributed by atoms with Gasteiger partial charge in [0.25, 0.3) is 0 Å². The van der Waals surface area contributed by atoms with Crippen molar-refractivity contribution in [3.05, 3.63) is 53.9 Å². The first-order valence-corrected chi connectivity index (χ1v) is 5.38. The molecule has 0 saturated heterocycles. The number of carbonyl (C=O) groups is 1. The van der Waals surface area contributed by atoms with Crippen LogP contribution < -0.4 is 16.2 Å².